The lowest BCUT2D eigenvalue weighted by molar-refractivity contribution is -0.644. The van der Waals surface area contributed by atoms with Gasteiger partial charge in [-0.15, -0.1) is 0 Å². The fourth-order valence-electron chi connectivity index (χ4n) is 1.88. The van der Waals surface area contributed by atoms with Gasteiger partial charge in [0.25, 0.3) is 0 Å². The van der Waals surface area contributed by atoms with Crippen LogP contribution in [0.2, 0.25) is 0 Å². The molecule has 0 aliphatic heterocycles. The minimum Gasteiger partial charge on any atom is -0.352 e. The number of benzene rings is 1. The minimum atomic E-state index is -0.301. The maximum atomic E-state index is 5.24. The molecule has 0 aliphatic carbocycles. The van der Waals surface area contributed by atoms with E-state index in [4.69, 9.17) is 9.47 Å². The second kappa shape index (κ2) is 4.60. The predicted octanol–water partition coefficient (Wildman–Crippen LogP) is 1.96. The van der Waals surface area contributed by atoms with Crippen LogP contribution in [0.25, 0.3) is 10.9 Å². The van der Waals surface area contributed by atoms with E-state index in [9.17, 15) is 0 Å². The molecule has 0 unspecified atom stereocenters. The maximum Gasteiger partial charge on any atom is 0.212 e. The molecule has 0 amide bonds. The Morgan fingerprint density at radius 2 is 1.88 bits per heavy atom. The molecule has 0 fully saturated rings. The largest absolute Gasteiger partial charge is 0.352 e. The molecule has 2 rings (SSSR count). The zero-order valence-electron chi connectivity index (χ0n) is 9.81. The smallest absolute Gasteiger partial charge is 0.212 e. The highest BCUT2D eigenvalue weighted by atomic mass is 16.7. The Hall–Kier alpha value is -1.45. The van der Waals surface area contributed by atoms with E-state index in [0.29, 0.717) is 0 Å². The van der Waals surface area contributed by atoms with Crippen LogP contribution in [-0.4, -0.2) is 14.2 Å². The van der Waals surface area contributed by atoms with Crippen molar-refractivity contribution in [2.45, 2.75) is 6.29 Å². The SMILES string of the molecule is COC(OC)c1ccc2ccc[n+](C)c2c1. The molecule has 0 atom stereocenters. The van der Waals surface area contributed by atoms with E-state index in [1.807, 2.05) is 25.4 Å². The Labute approximate surface area is 95.2 Å². The third kappa shape index (κ3) is 1.92. The average Bonchev–Trinajstić information content (AvgIpc) is 2.32. The highest BCUT2D eigenvalue weighted by Gasteiger charge is 2.12. The topological polar surface area (TPSA) is 22.3 Å². The fraction of sp³-hybridized carbons (Fsp3) is 0.308. The molecule has 1 aromatic heterocycles. The summed E-state index contributed by atoms with van der Waals surface area (Å²) in [5.41, 5.74) is 2.19. The first-order valence-electron chi connectivity index (χ1n) is 5.20. The summed E-state index contributed by atoms with van der Waals surface area (Å²) in [5, 5.41) is 1.21. The van der Waals surface area contributed by atoms with Crippen LogP contribution < -0.4 is 4.57 Å². The number of ether oxygens (including phenoxy) is 2. The van der Waals surface area contributed by atoms with Gasteiger partial charge in [-0.05, 0) is 12.1 Å². The summed E-state index contributed by atoms with van der Waals surface area (Å²) in [6, 6.07) is 10.3. The Morgan fingerprint density at radius 3 is 2.56 bits per heavy atom. The van der Waals surface area contributed by atoms with Gasteiger partial charge in [0.2, 0.25) is 5.52 Å². The summed E-state index contributed by atoms with van der Waals surface area (Å²) < 4.78 is 12.6. The van der Waals surface area contributed by atoms with Crippen LogP contribution in [-0.2, 0) is 16.5 Å². The first kappa shape index (κ1) is 11.0. The second-order valence-electron chi connectivity index (χ2n) is 3.74. The van der Waals surface area contributed by atoms with Crippen molar-refractivity contribution in [1.82, 2.24) is 0 Å². The van der Waals surface area contributed by atoms with Crippen molar-refractivity contribution in [2.75, 3.05) is 14.2 Å². The molecular formula is C13H16NO2+. The van der Waals surface area contributed by atoms with Crippen LogP contribution in [0.15, 0.2) is 36.5 Å². The van der Waals surface area contributed by atoms with Gasteiger partial charge in [0, 0.05) is 37.3 Å². The van der Waals surface area contributed by atoms with E-state index < -0.39 is 0 Å². The molecular weight excluding hydrogens is 202 g/mol. The molecule has 0 aliphatic rings. The molecule has 84 valence electrons. The molecule has 1 aromatic carbocycles. The van der Waals surface area contributed by atoms with Gasteiger partial charge in [-0.25, -0.2) is 4.57 Å². The highest BCUT2D eigenvalue weighted by Crippen LogP contribution is 2.20. The highest BCUT2D eigenvalue weighted by molar-refractivity contribution is 5.76. The van der Waals surface area contributed by atoms with E-state index in [1.54, 1.807) is 14.2 Å². The standard InChI is InChI=1S/C13H16NO2/c1-14-8-4-5-10-6-7-11(9-12(10)14)13(15-2)16-3/h4-9,13H,1-3H3/q+1. The van der Waals surface area contributed by atoms with Gasteiger partial charge in [-0.2, -0.15) is 0 Å². The van der Waals surface area contributed by atoms with Gasteiger partial charge in [0.15, 0.2) is 12.5 Å². The molecule has 0 spiro atoms. The average molecular weight is 218 g/mol. The number of hydrogen-bond acceptors (Lipinski definition) is 2. The number of pyridine rings is 1. The van der Waals surface area contributed by atoms with Crippen molar-refractivity contribution in [3.05, 3.63) is 42.1 Å². The van der Waals surface area contributed by atoms with E-state index in [0.717, 1.165) is 5.56 Å². The minimum absolute atomic E-state index is 0.301. The Balaban J connectivity index is 2.54. The normalized spacial score (nSPS) is 11.2. The number of methoxy groups -OCH3 is 2. The van der Waals surface area contributed by atoms with Gasteiger partial charge in [0.05, 0.1) is 0 Å². The van der Waals surface area contributed by atoms with Crippen LogP contribution in [0.1, 0.15) is 11.9 Å². The number of rotatable bonds is 3. The number of aryl methyl sites for hydroxylation is 1. The van der Waals surface area contributed by atoms with Crippen molar-refractivity contribution in [3.63, 3.8) is 0 Å². The van der Waals surface area contributed by atoms with Crippen LogP contribution in [0.5, 0.6) is 0 Å². The van der Waals surface area contributed by atoms with Crippen LogP contribution >= 0.6 is 0 Å². The molecule has 0 radical (unpaired) electrons. The molecule has 16 heavy (non-hydrogen) atoms. The third-order valence-electron chi connectivity index (χ3n) is 2.72. The van der Waals surface area contributed by atoms with Crippen LogP contribution in [0.4, 0.5) is 0 Å². The monoisotopic (exact) mass is 218 g/mol. The summed E-state index contributed by atoms with van der Waals surface area (Å²) in [7, 11) is 5.31. The van der Waals surface area contributed by atoms with Crippen molar-refractivity contribution in [1.29, 1.82) is 0 Å². The molecule has 0 saturated heterocycles. The lowest BCUT2D eigenvalue weighted by atomic mass is 10.1. The Morgan fingerprint density at radius 1 is 1.12 bits per heavy atom. The van der Waals surface area contributed by atoms with Gasteiger partial charge < -0.3 is 9.47 Å². The molecule has 0 bridgehead atoms. The molecule has 0 N–H and O–H groups in total. The number of aromatic nitrogens is 1. The van der Waals surface area contributed by atoms with E-state index in [-0.39, 0.29) is 6.29 Å². The third-order valence-corrected chi connectivity index (χ3v) is 2.72. The first-order valence-corrected chi connectivity index (χ1v) is 5.20. The van der Waals surface area contributed by atoms with E-state index >= 15 is 0 Å². The lowest BCUT2D eigenvalue weighted by Gasteiger charge is -2.13. The van der Waals surface area contributed by atoms with Crippen LogP contribution in [0.3, 0.4) is 0 Å². The molecule has 3 heteroatoms. The van der Waals surface area contributed by atoms with Gasteiger partial charge >= 0.3 is 0 Å². The van der Waals surface area contributed by atoms with Crippen LogP contribution in [0, 0.1) is 0 Å². The summed E-state index contributed by atoms with van der Waals surface area (Å²) in [6.07, 6.45) is 1.73. The van der Waals surface area contributed by atoms with Gasteiger partial charge in [0.1, 0.15) is 7.05 Å². The zero-order valence-corrected chi connectivity index (χ0v) is 9.81. The van der Waals surface area contributed by atoms with Gasteiger partial charge in [-0.3, -0.25) is 0 Å². The quantitative estimate of drug-likeness (QED) is 0.580. The summed E-state index contributed by atoms with van der Waals surface area (Å²) in [5.74, 6) is 0. The van der Waals surface area contributed by atoms with Gasteiger partial charge in [-0.1, -0.05) is 6.07 Å². The van der Waals surface area contributed by atoms with Crippen molar-refractivity contribution < 1.29 is 14.0 Å². The Kier molecular flexibility index (Phi) is 3.17. The molecule has 2 aromatic rings. The first-order chi connectivity index (χ1) is 7.76. The summed E-state index contributed by atoms with van der Waals surface area (Å²) in [4.78, 5) is 0. The lowest BCUT2D eigenvalue weighted by Crippen LogP contribution is -2.28. The summed E-state index contributed by atoms with van der Waals surface area (Å²) in [6.45, 7) is 0. The molecule has 3 nitrogen and oxygen atoms in total. The van der Waals surface area contributed by atoms with Crippen molar-refractivity contribution >= 4 is 10.9 Å². The second-order valence-corrected chi connectivity index (χ2v) is 3.74. The maximum absolute atomic E-state index is 5.24. The number of fused-ring (bicyclic) bond motifs is 1. The number of nitrogens with zero attached hydrogens (tertiary/aromatic N) is 1. The zero-order chi connectivity index (χ0) is 11.5. The molecule has 0 saturated carbocycles. The number of hydrogen-bond donors (Lipinski definition) is 0. The fourth-order valence-corrected chi connectivity index (χ4v) is 1.88. The van der Waals surface area contributed by atoms with Crippen molar-refractivity contribution in [3.8, 4) is 0 Å². The predicted molar refractivity (Wildman–Crippen MR) is 61.9 cm³/mol. The molecule has 1 heterocycles. The Bertz CT molecular complexity index is 492. The van der Waals surface area contributed by atoms with E-state index in [2.05, 4.69) is 22.8 Å². The van der Waals surface area contributed by atoms with E-state index in [1.165, 1.54) is 10.9 Å². The van der Waals surface area contributed by atoms with Crippen molar-refractivity contribution in [2.24, 2.45) is 7.05 Å². The summed E-state index contributed by atoms with van der Waals surface area (Å²) >= 11 is 0.